The summed E-state index contributed by atoms with van der Waals surface area (Å²) in [5, 5.41) is 0. The summed E-state index contributed by atoms with van der Waals surface area (Å²) in [5.74, 6) is 1.50. The third kappa shape index (κ3) is 1.97. The minimum atomic E-state index is -0.0973. The van der Waals surface area contributed by atoms with Crippen molar-refractivity contribution in [3.05, 3.63) is 18.2 Å². The first-order chi connectivity index (χ1) is 6.04. The third-order valence-electron chi connectivity index (χ3n) is 2.22. The molecule has 0 fully saturated rings. The highest BCUT2D eigenvalue weighted by molar-refractivity contribution is 5.79. The number of rotatable bonds is 3. The van der Waals surface area contributed by atoms with E-state index in [4.69, 9.17) is 0 Å². The zero-order valence-corrected chi connectivity index (χ0v) is 8.61. The fourth-order valence-electron chi connectivity index (χ4n) is 1.30. The van der Waals surface area contributed by atoms with E-state index in [1.807, 2.05) is 17.7 Å². The van der Waals surface area contributed by atoms with E-state index in [0.29, 0.717) is 5.92 Å². The van der Waals surface area contributed by atoms with Gasteiger partial charge in [0.05, 0.1) is 6.04 Å². The zero-order valence-electron chi connectivity index (χ0n) is 8.61. The number of Topliss-reactive ketones (excluding diaryl/α,β-unsaturated/α-hetero) is 1. The molecule has 3 nitrogen and oxygen atoms in total. The second kappa shape index (κ2) is 3.73. The lowest BCUT2D eigenvalue weighted by Gasteiger charge is -2.14. The molecule has 1 aromatic rings. The van der Waals surface area contributed by atoms with Crippen molar-refractivity contribution in [2.75, 3.05) is 0 Å². The number of imidazole rings is 1. The number of aromatic nitrogens is 2. The maximum atomic E-state index is 11.2. The minimum Gasteiger partial charge on any atom is -0.325 e. The fourth-order valence-corrected chi connectivity index (χ4v) is 1.30. The van der Waals surface area contributed by atoms with E-state index in [2.05, 4.69) is 18.8 Å². The van der Waals surface area contributed by atoms with Crippen molar-refractivity contribution in [2.24, 2.45) is 0 Å². The second-order valence-corrected chi connectivity index (χ2v) is 3.63. The van der Waals surface area contributed by atoms with E-state index in [9.17, 15) is 4.79 Å². The monoisotopic (exact) mass is 180 g/mol. The molecule has 1 unspecified atom stereocenters. The molecule has 1 rings (SSSR count). The largest absolute Gasteiger partial charge is 0.325 e. The molecule has 0 saturated heterocycles. The van der Waals surface area contributed by atoms with Crippen LogP contribution in [0.3, 0.4) is 0 Å². The summed E-state index contributed by atoms with van der Waals surface area (Å²) in [4.78, 5) is 15.4. The Bertz CT molecular complexity index is 302. The number of hydrogen-bond acceptors (Lipinski definition) is 2. The number of nitrogens with zero attached hydrogens (tertiary/aromatic N) is 2. The highest BCUT2D eigenvalue weighted by atomic mass is 16.1. The van der Waals surface area contributed by atoms with Crippen molar-refractivity contribution >= 4 is 5.78 Å². The van der Waals surface area contributed by atoms with Crippen LogP contribution in [0, 0.1) is 0 Å². The van der Waals surface area contributed by atoms with Gasteiger partial charge in [-0.1, -0.05) is 13.8 Å². The number of hydrogen-bond donors (Lipinski definition) is 0. The molecule has 0 aliphatic heterocycles. The van der Waals surface area contributed by atoms with Gasteiger partial charge in [0.25, 0.3) is 0 Å². The van der Waals surface area contributed by atoms with E-state index in [1.165, 1.54) is 0 Å². The normalized spacial score (nSPS) is 13.3. The molecule has 0 amide bonds. The van der Waals surface area contributed by atoms with Gasteiger partial charge in [-0.15, -0.1) is 0 Å². The average molecular weight is 180 g/mol. The van der Waals surface area contributed by atoms with Crippen LogP contribution in [0.15, 0.2) is 12.4 Å². The minimum absolute atomic E-state index is 0.0973. The average Bonchev–Trinajstić information content (AvgIpc) is 2.50. The van der Waals surface area contributed by atoms with Crippen LogP contribution in [-0.4, -0.2) is 15.3 Å². The quantitative estimate of drug-likeness (QED) is 0.714. The summed E-state index contributed by atoms with van der Waals surface area (Å²) in [6.45, 7) is 7.65. The summed E-state index contributed by atoms with van der Waals surface area (Å²) < 4.78 is 1.94. The van der Waals surface area contributed by atoms with E-state index in [-0.39, 0.29) is 11.8 Å². The smallest absolute Gasteiger partial charge is 0.152 e. The Hall–Kier alpha value is -1.12. The summed E-state index contributed by atoms with van der Waals surface area (Å²) in [7, 11) is 0. The Morgan fingerprint density at radius 1 is 1.46 bits per heavy atom. The molecule has 1 heterocycles. The van der Waals surface area contributed by atoms with Gasteiger partial charge in [0.1, 0.15) is 5.82 Å². The van der Waals surface area contributed by atoms with E-state index >= 15 is 0 Å². The van der Waals surface area contributed by atoms with Gasteiger partial charge in [0.2, 0.25) is 0 Å². The maximum absolute atomic E-state index is 11.2. The second-order valence-electron chi connectivity index (χ2n) is 3.63. The Morgan fingerprint density at radius 2 is 2.08 bits per heavy atom. The van der Waals surface area contributed by atoms with Crippen molar-refractivity contribution in [3.63, 3.8) is 0 Å². The Kier molecular flexibility index (Phi) is 2.86. The lowest BCUT2D eigenvalue weighted by molar-refractivity contribution is -0.119. The fraction of sp³-hybridized carbons (Fsp3) is 0.600. The predicted octanol–water partition coefficient (Wildman–Crippen LogP) is 2.16. The number of carbonyl (C=O) groups is 1. The summed E-state index contributed by atoms with van der Waals surface area (Å²) in [6, 6.07) is -0.0973. The molecule has 0 radical (unpaired) electrons. The van der Waals surface area contributed by atoms with Crippen molar-refractivity contribution < 1.29 is 4.79 Å². The van der Waals surface area contributed by atoms with Crippen LogP contribution in [0.5, 0.6) is 0 Å². The molecule has 3 heteroatoms. The lowest BCUT2D eigenvalue weighted by atomic mass is 10.1. The van der Waals surface area contributed by atoms with Gasteiger partial charge in [-0.05, 0) is 13.8 Å². The lowest BCUT2D eigenvalue weighted by Crippen LogP contribution is -2.16. The van der Waals surface area contributed by atoms with Crippen LogP contribution >= 0.6 is 0 Å². The van der Waals surface area contributed by atoms with E-state index in [1.54, 1.807) is 13.1 Å². The van der Waals surface area contributed by atoms with Crippen LogP contribution in [0.25, 0.3) is 0 Å². The van der Waals surface area contributed by atoms with Gasteiger partial charge in [-0.2, -0.15) is 0 Å². The third-order valence-corrected chi connectivity index (χ3v) is 2.22. The summed E-state index contributed by atoms with van der Waals surface area (Å²) in [5.41, 5.74) is 0. The summed E-state index contributed by atoms with van der Waals surface area (Å²) >= 11 is 0. The highest BCUT2D eigenvalue weighted by Gasteiger charge is 2.15. The first kappa shape index (κ1) is 9.96. The highest BCUT2D eigenvalue weighted by Crippen LogP contribution is 2.17. The summed E-state index contributed by atoms with van der Waals surface area (Å²) in [6.07, 6.45) is 3.61. The Labute approximate surface area is 78.8 Å². The van der Waals surface area contributed by atoms with Crippen molar-refractivity contribution in [3.8, 4) is 0 Å². The maximum Gasteiger partial charge on any atom is 0.152 e. The predicted molar refractivity (Wildman–Crippen MR) is 51.7 cm³/mol. The molecule has 0 spiro atoms. The van der Waals surface area contributed by atoms with Gasteiger partial charge in [0.15, 0.2) is 5.78 Å². The molecular formula is C10H16N2O. The Balaban J connectivity index is 3.00. The van der Waals surface area contributed by atoms with Crippen LogP contribution in [0.1, 0.15) is 45.5 Å². The van der Waals surface area contributed by atoms with Gasteiger partial charge in [-0.3, -0.25) is 4.79 Å². The zero-order chi connectivity index (χ0) is 10.0. The van der Waals surface area contributed by atoms with Gasteiger partial charge in [-0.25, -0.2) is 4.98 Å². The first-order valence-corrected chi connectivity index (χ1v) is 4.57. The molecule has 0 aromatic carbocycles. The topological polar surface area (TPSA) is 34.9 Å². The molecule has 13 heavy (non-hydrogen) atoms. The molecule has 0 aliphatic rings. The SMILES string of the molecule is CC(=O)C(C)n1ccnc1C(C)C. The van der Waals surface area contributed by atoms with Crippen molar-refractivity contribution in [1.82, 2.24) is 9.55 Å². The van der Waals surface area contributed by atoms with Crippen LogP contribution in [0.2, 0.25) is 0 Å². The first-order valence-electron chi connectivity index (χ1n) is 4.57. The van der Waals surface area contributed by atoms with Gasteiger partial charge >= 0.3 is 0 Å². The molecule has 0 N–H and O–H groups in total. The molecular weight excluding hydrogens is 164 g/mol. The van der Waals surface area contributed by atoms with E-state index in [0.717, 1.165) is 5.82 Å². The van der Waals surface area contributed by atoms with Gasteiger partial charge < -0.3 is 4.57 Å². The molecule has 0 bridgehead atoms. The van der Waals surface area contributed by atoms with Crippen LogP contribution in [0.4, 0.5) is 0 Å². The molecule has 1 aromatic heterocycles. The van der Waals surface area contributed by atoms with E-state index < -0.39 is 0 Å². The van der Waals surface area contributed by atoms with Crippen LogP contribution < -0.4 is 0 Å². The van der Waals surface area contributed by atoms with Crippen LogP contribution in [-0.2, 0) is 4.79 Å². The standard InChI is InChI=1S/C10H16N2O/c1-7(2)10-11-5-6-12(10)8(3)9(4)13/h5-8H,1-4H3. The number of carbonyl (C=O) groups excluding carboxylic acids is 1. The van der Waals surface area contributed by atoms with Crippen molar-refractivity contribution in [1.29, 1.82) is 0 Å². The molecule has 1 atom stereocenters. The molecule has 0 saturated carbocycles. The van der Waals surface area contributed by atoms with Gasteiger partial charge in [0, 0.05) is 18.3 Å². The number of ketones is 1. The molecule has 0 aliphatic carbocycles. The van der Waals surface area contributed by atoms with Crippen molar-refractivity contribution in [2.45, 2.75) is 39.7 Å². The Morgan fingerprint density at radius 3 is 2.54 bits per heavy atom. The molecule has 72 valence electrons.